The highest BCUT2D eigenvalue weighted by Crippen LogP contribution is 2.23. The van der Waals surface area contributed by atoms with Gasteiger partial charge in [0.2, 0.25) is 0 Å². The molecular weight excluding hydrogens is 211 g/mol. The summed E-state index contributed by atoms with van der Waals surface area (Å²) in [4.78, 5) is 2.92. The first kappa shape index (κ1) is 10.3. The third-order valence-electron chi connectivity index (χ3n) is 2.45. The van der Waals surface area contributed by atoms with Crippen molar-refractivity contribution in [3.05, 3.63) is 35.3 Å². The van der Waals surface area contributed by atoms with Crippen molar-refractivity contribution in [1.29, 1.82) is 0 Å². The van der Waals surface area contributed by atoms with Crippen molar-refractivity contribution in [2.24, 2.45) is 5.73 Å². The van der Waals surface area contributed by atoms with Crippen LogP contribution in [-0.4, -0.2) is 16.9 Å². The van der Waals surface area contributed by atoms with Crippen molar-refractivity contribution in [3.8, 4) is 0 Å². The molecule has 0 aliphatic rings. The molecule has 0 atom stereocenters. The number of nitrogens with two attached hydrogens (primary N) is 1. The molecule has 2 rings (SSSR count). The maximum atomic E-state index is 13.8. The summed E-state index contributed by atoms with van der Waals surface area (Å²) in [5.41, 5.74) is 7.47. The maximum absolute atomic E-state index is 13.8. The van der Waals surface area contributed by atoms with Gasteiger partial charge in [-0.25, -0.2) is 4.39 Å². The summed E-state index contributed by atoms with van der Waals surface area (Å²) in [7, 11) is 0. The van der Waals surface area contributed by atoms with Crippen LogP contribution in [0.4, 0.5) is 4.39 Å². The number of nitrogens with one attached hydrogen (secondary N) is 1. The molecule has 1 heterocycles. The molecule has 0 fully saturated rings. The fourth-order valence-corrected chi connectivity index (χ4v) is 1.87. The second kappa shape index (κ2) is 4.08. The summed E-state index contributed by atoms with van der Waals surface area (Å²) in [6, 6.07) is 3.57. The highest BCUT2D eigenvalue weighted by Gasteiger charge is 2.09. The van der Waals surface area contributed by atoms with E-state index in [-0.39, 0.29) is 5.82 Å². The van der Waals surface area contributed by atoms with E-state index in [2.05, 4.69) is 4.98 Å². The van der Waals surface area contributed by atoms with Crippen LogP contribution in [0.1, 0.15) is 11.1 Å². The van der Waals surface area contributed by atoms with Crippen LogP contribution in [0.25, 0.3) is 10.9 Å². The average Bonchev–Trinajstić information content (AvgIpc) is 2.64. The minimum atomic E-state index is -0.286. The van der Waals surface area contributed by atoms with Crippen LogP contribution in [0, 0.1) is 5.82 Å². The predicted molar refractivity (Wildman–Crippen MR) is 63.8 cm³/mol. The molecule has 0 radical (unpaired) electrons. The number of benzene rings is 1. The molecule has 2 nitrogen and oxygen atoms in total. The fourth-order valence-electron chi connectivity index (χ4n) is 1.69. The number of halogens is 1. The summed E-state index contributed by atoms with van der Waals surface area (Å²) in [5.74, 6) is -0.286. The van der Waals surface area contributed by atoms with E-state index in [9.17, 15) is 4.39 Å². The van der Waals surface area contributed by atoms with E-state index in [4.69, 9.17) is 18.0 Å². The van der Waals surface area contributed by atoms with Gasteiger partial charge >= 0.3 is 0 Å². The number of hydrogen-bond donors (Lipinski definition) is 2. The van der Waals surface area contributed by atoms with E-state index in [1.54, 1.807) is 12.3 Å². The Bertz CT molecular complexity index is 505. The van der Waals surface area contributed by atoms with Crippen molar-refractivity contribution >= 4 is 28.5 Å². The normalized spacial score (nSPS) is 10.8. The topological polar surface area (TPSA) is 41.8 Å². The van der Waals surface area contributed by atoms with Crippen molar-refractivity contribution in [1.82, 2.24) is 4.98 Å². The van der Waals surface area contributed by atoms with Gasteiger partial charge in [0.15, 0.2) is 5.82 Å². The molecule has 0 aliphatic heterocycles. The average molecular weight is 222 g/mol. The van der Waals surface area contributed by atoms with Crippen LogP contribution in [0.15, 0.2) is 18.3 Å². The zero-order valence-electron chi connectivity index (χ0n) is 8.09. The number of aromatic amines is 1. The van der Waals surface area contributed by atoms with Gasteiger partial charge in [0.1, 0.15) is 0 Å². The van der Waals surface area contributed by atoms with Crippen molar-refractivity contribution in [2.45, 2.75) is 6.42 Å². The van der Waals surface area contributed by atoms with Gasteiger partial charge in [0.25, 0.3) is 0 Å². The molecule has 4 heteroatoms. The van der Waals surface area contributed by atoms with Crippen molar-refractivity contribution < 1.29 is 4.39 Å². The second-order valence-corrected chi connectivity index (χ2v) is 3.60. The number of H-pyrrole nitrogens is 1. The molecule has 0 spiro atoms. The summed E-state index contributed by atoms with van der Waals surface area (Å²) in [5, 5.41) is 2.23. The van der Waals surface area contributed by atoms with Gasteiger partial charge < -0.3 is 10.7 Å². The first-order valence-electron chi connectivity index (χ1n) is 4.71. The Hall–Kier alpha value is -1.26. The standard InChI is InChI=1S/C11H11FN2S/c12-10-8(6-15)1-2-9-7(3-4-13)5-14-11(9)10/h1-2,5-6,14H,3-4,13H2. The summed E-state index contributed by atoms with van der Waals surface area (Å²) in [6.45, 7) is 0.559. The number of thiocarbonyl (C=S) groups is 1. The molecule has 3 N–H and O–H groups in total. The molecule has 0 saturated heterocycles. The first-order valence-corrected chi connectivity index (χ1v) is 5.18. The zero-order chi connectivity index (χ0) is 10.8. The van der Waals surface area contributed by atoms with E-state index in [0.717, 1.165) is 17.4 Å². The SMILES string of the molecule is NCCc1c[nH]c2c(F)c(C=S)ccc12. The maximum Gasteiger partial charge on any atom is 0.155 e. The van der Waals surface area contributed by atoms with Crippen LogP contribution < -0.4 is 5.73 Å². The Morgan fingerprint density at radius 1 is 1.47 bits per heavy atom. The van der Waals surface area contributed by atoms with Crippen LogP contribution in [0.5, 0.6) is 0 Å². The Labute approximate surface area is 92.3 Å². The lowest BCUT2D eigenvalue weighted by Gasteiger charge is -1.99. The molecule has 1 aromatic heterocycles. The minimum Gasteiger partial charge on any atom is -0.358 e. The van der Waals surface area contributed by atoms with Gasteiger partial charge in [-0.15, -0.1) is 0 Å². The van der Waals surface area contributed by atoms with Crippen LogP contribution >= 0.6 is 12.2 Å². The lowest BCUT2D eigenvalue weighted by molar-refractivity contribution is 0.636. The van der Waals surface area contributed by atoms with Crippen LogP contribution in [0.2, 0.25) is 0 Å². The molecular formula is C11H11FN2S. The van der Waals surface area contributed by atoms with Gasteiger partial charge in [0.05, 0.1) is 5.52 Å². The Morgan fingerprint density at radius 2 is 2.27 bits per heavy atom. The van der Waals surface area contributed by atoms with E-state index in [1.165, 1.54) is 5.37 Å². The third kappa shape index (κ3) is 1.66. The molecule has 0 unspecified atom stereocenters. The monoisotopic (exact) mass is 222 g/mol. The fraction of sp³-hybridized carbons (Fsp3) is 0.182. The van der Waals surface area contributed by atoms with Crippen molar-refractivity contribution in [2.75, 3.05) is 6.54 Å². The number of hydrogen-bond acceptors (Lipinski definition) is 2. The molecule has 0 amide bonds. The van der Waals surface area contributed by atoms with Gasteiger partial charge in [-0.1, -0.05) is 24.4 Å². The minimum absolute atomic E-state index is 0.286. The summed E-state index contributed by atoms with van der Waals surface area (Å²) >= 11 is 4.73. The number of rotatable bonds is 3. The molecule has 0 aliphatic carbocycles. The molecule has 0 bridgehead atoms. The van der Waals surface area contributed by atoms with E-state index >= 15 is 0 Å². The van der Waals surface area contributed by atoms with Gasteiger partial charge in [0, 0.05) is 22.5 Å². The molecule has 15 heavy (non-hydrogen) atoms. The number of fused-ring (bicyclic) bond motifs is 1. The summed E-state index contributed by atoms with van der Waals surface area (Å²) in [6.07, 6.45) is 2.55. The first-order chi connectivity index (χ1) is 7.27. The Kier molecular flexibility index (Phi) is 2.79. The van der Waals surface area contributed by atoms with Gasteiger partial charge in [-0.05, 0) is 18.5 Å². The summed E-state index contributed by atoms with van der Waals surface area (Å²) < 4.78 is 13.8. The number of aromatic nitrogens is 1. The molecule has 0 saturated carbocycles. The Balaban J connectivity index is 2.64. The third-order valence-corrected chi connectivity index (χ3v) is 2.70. The van der Waals surface area contributed by atoms with Gasteiger partial charge in [-0.3, -0.25) is 0 Å². The Morgan fingerprint density at radius 3 is 2.93 bits per heavy atom. The van der Waals surface area contributed by atoms with Crippen LogP contribution in [-0.2, 0) is 6.42 Å². The molecule has 78 valence electrons. The smallest absolute Gasteiger partial charge is 0.155 e. The lowest BCUT2D eigenvalue weighted by Crippen LogP contribution is -2.01. The molecule has 2 aromatic rings. The largest absolute Gasteiger partial charge is 0.358 e. The van der Waals surface area contributed by atoms with E-state index in [0.29, 0.717) is 17.6 Å². The van der Waals surface area contributed by atoms with E-state index < -0.39 is 0 Å². The second-order valence-electron chi connectivity index (χ2n) is 3.36. The highest BCUT2D eigenvalue weighted by atomic mass is 32.1. The van der Waals surface area contributed by atoms with Gasteiger partial charge in [-0.2, -0.15) is 0 Å². The van der Waals surface area contributed by atoms with E-state index in [1.807, 2.05) is 6.07 Å². The predicted octanol–water partition coefficient (Wildman–Crippen LogP) is 2.16. The quantitative estimate of drug-likeness (QED) is 0.781. The highest BCUT2D eigenvalue weighted by molar-refractivity contribution is 7.79. The van der Waals surface area contributed by atoms with Crippen molar-refractivity contribution in [3.63, 3.8) is 0 Å². The lowest BCUT2D eigenvalue weighted by atomic mass is 10.1. The zero-order valence-corrected chi connectivity index (χ0v) is 8.90. The van der Waals surface area contributed by atoms with Crippen LogP contribution in [0.3, 0.4) is 0 Å². The molecule has 1 aromatic carbocycles.